The van der Waals surface area contributed by atoms with Crippen LogP contribution in [-0.4, -0.2) is 66.5 Å². The third-order valence-electron chi connectivity index (χ3n) is 13.3. The number of nitrogens with one attached hydrogen (secondary N) is 1. The van der Waals surface area contributed by atoms with Crippen molar-refractivity contribution < 1.29 is 23.8 Å². The summed E-state index contributed by atoms with van der Waals surface area (Å²) in [6, 6.07) is 16.2. The summed E-state index contributed by atoms with van der Waals surface area (Å²) < 4.78 is 23.4. The number of anilines is 1. The van der Waals surface area contributed by atoms with Crippen molar-refractivity contribution in [1.29, 1.82) is 0 Å². The Morgan fingerprint density at radius 3 is 2.48 bits per heavy atom. The number of ether oxygens (including phenoxy) is 1. The Bertz CT molecular complexity index is 2520. The van der Waals surface area contributed by atoms with Gasteiger partial charge in [0.25, 0.3) is 5.91 Å². The fraction of sp³-hybridized carbons (Fsp3) is 0.370. The number of amides is 1. The Balaban J connectivity index is 0.873. The number of aliphatic carboxylic acids is 1. The molecule has 0 spiro atoms. The molecular formula is C46H46Cl2FN7O4. The van der Waals surface area contributed by atoms with E-state index in [4.69, 9.17) is 32.9 Å². The first kappa shape index (κ1) is 40.3. The molecule has 9 rings (SSSR count). The highest BCUT2D eigenvalue weighted by atomic mass is 35.5. The molecule has 2 aliphatic carbocycles. The number of rotatable bonds is 12. The number of hydrogen-bond acceptors (Lipinski definition) is 8. The zero-order valence-electron chi connectivity index (χ0n) is 33.6. The van der Waals surface area contributed by atoms with Crippen LogP contribution in [0.15, 0.2) is 67.0 Å². The molecule has 2 N–H and O–H groups in total. The monoisotopic (exact) mass is 849 g/mol. The van der Waals surface area contributed by atoms with E-state index in [2.05, 4.69) is 31.2 Å². The zero-order chi connectivity index (χ0) is 41.8. The van der Waals surface area contributed by atoms with Gasteiger partial charge in [0.05, 0.1) is 39.6 Å². The number of imidazole rings is 1. The first-order chi connectivity index (χ1) is 28.9. The molecule has 2 aliphatic heterocycles. The second-order valence-corrected chi connectivity index (χ2v) is 17.6. The number of aromatic nitrogens is 4. The van der Waals surface area contributed by atoms with Gasteiger partial charge < -0.3 is 19.7 Å². The van der Waals surface area contributed by atoms with E-state index in [-0.39, 0.29) is 32.9 Å². The molecule has 11 nitrogen and oxygen atoms in total. The quantitative estimate of drug-likeness (QED) is 0.126. The Hall–Kier alpha value is -5.14. The Labute approximate surface area is 358 Å². The molecule has 0 atom stereocenters. The van der Waals surface area contributed by atoms with E-state index in [0.717, 1.165) is 93.8 Å². The highest BCUT2D eigenvalue weighted by Crippen LogP contribution is 2.63. The summed E-state index contributed by atoms with van der Waals surface area (Å²) in [5, 5.41) is 13.4. The van der Waals surface area contributed by atoms with E-state index in [1.165, 1.54) is 11.6 Å². The first-order valence-corrected chi connectivity index (χ1v) is 21.1. The Kier molecular flexibility index (Phi) is 10.8. The average molecular weight is 851 g/mol. The minimum Gasteiger partial charge on any atom is -0.496 e. The van der Waals surface area contributed by atoms with Gasteiger partial charge >= 0.3 is 5.97 Å². The van der Waals surface area contributed by atoms with Crippen molar-refractivity contribution in [1.82, 2.24) is 29.3 Å². The third kappa shape index (κ3) is 7.48. The number of fused-ring (bicyclic) bond motifs is 4. The van der Waals surface area contributed by atoms with Gasteiger partial charge in [0, 0.05) is 87.0 Å². The Morgan fingerprint density at radius 1 is 0.967 bits per heavy atom. The van der Waals surface area contributed by atoms with Crippen LogP contribution in [0.25, 0.3) is 23.0 Å². The number of pyridine rings is 2. The number of carbonyl (C=O) groups is 2. The number of carboxylic acids is 1. The molecule has 60 heavy (non-hydrogen) atoms. The molecule has 2 fully saturated rings. The number of nitrogens with zero attached hydrogens (tertiary/aromatic N) is 6. The summed E-state index contributed by atoms with van der Waals surface area (Å²) >= 11 is 13.9. The van der Waals surface area contributed by atoms with Gasteiger partial charge in [0.2, 0.25) is 0 Å². The summed E-state index contributed by atoms with van der Waals surface area (Å²) in [5.74, 6) is -0.785. The van der Waals surface area contributed by atoms with E-state index in [0.29, 0.717) is 41.2 Å². The number of methoxy groups -OCH3 is 1. The largest absolute Gasteiger partial charge is 0.496 e. The Morgan fingerprint density at radius 2 is 1.73 bits per heavy atom. The molecule has 0 radical (unpaired) electrons. The molecule has 1 amide bonds. The second-order valence-electron chi connectivity index (χ2n) is 16.9. The van der Waals surface area contributed by atoms with E-state index >= 15 is 4.39 Å². The van der Waals surface area contributed by atoms with Crippen LogP contribution in [0, 0.1) is 10.8 Å². The molecule has 2 aromatic carbocycles. The summed E-state index contributed by atoms with van der Waals surface area (Å²) in [6.07, 6.45) is 10.9. The minimum absolute atomic E-state index is 0.112. The van der Waals surface area contributed by atoms with E-state index in [1.54, 1.807) is 62.0 Å². The van der Waals surface area contributed by atoms with Crippen LogP contribution in [0.5, 0.6) is 5.75 Å². The smallest absolute Gasteiger partial charge is 0.309 e. The van der Waals surface area contributed by atoms with Crippen LogP contribution in [0.2, 0.25) is 10.0 Å². The lowest BCUT2D eigenvalue weighted by atomic mass is 9.80. The van der Waals surface area contributed by atoms with Gasteiger partial charge in [0.15, 0.2) is 5.82 Å². The fourth-order valence-electron chi connectivity index (χ4n) is 9.95. The number of carbonyl (C=O) groups excluding carboxylic acids is 1. The zero-order valence-corrected chi connectivity index (χ0v) is 35.1. The van der Waals surface area contributed by atoms with Gasteiger partial charge in [-0.15, -0.1) is 0 Å². The van der Waals surface area contributed by atoms with Crippen LogP contribution in [-0.2, 0) is 44.4 Å². The first-order valence-electron chi connectivity index (χ1n) is 20.4. The number of carboxylic acid groups (broad SMARTS) is 1. The molecule has 2 bridgehead atoms. The molecule has 0 unspecified atom stereocenters. The molecule has 0 saturated heterocycles. The number of hydrogen-bond donors (Lipinski definition) is 2. The van der Waals surface area contributed by atoms with Gasteiger partial charge in [-0.1, -0.05) is 59.6 Å². The fourth-order valence-corrected chi connectivity index (χ4v) is 10.5. The topological polar surface area (TPSA) is 126 Å². The molecule has 3 aromatic heterocycles. The molecule has 14 heteroatoms. The van der Waals surface area contributed by atoms with Crippen LogP contribution in [0.4, 0.5) is 10.1 Å². The lowest BCUT2D eigenvalue weighted by Crippen LogP contribution is -2.34. The average Bonchev–Trinajstić information content (AvgIpc) is 4.03. The van der Waals surface area contributed by atoms with Crippen molar-refractivity contribution in [2.45, 2.75) is 71.1 Å². The van der Waals surface area contributed by atoms with Crippen molar-refractivity contribution in [2.24, 2.45) is 17.9 Å². The van der Waals surface area contributed by atoms with E-state index in [9.17, 15) is 14.7 Å². The van der Waals surface area contributed by atoms with Gasteiger partial charge in [-0.3, -0.25) is 29.4 Å². The van der Waals surface area contributed by atoms with Gasteiger partial charge in [0.1, 0.15) is 17.3 Å². The summed E-state index contributed by atoms with van der Waals surface area (Å²) in [7, 11) is 3.42. The maximum Gasteiger partial charge on any atom is 0.309 e. The van der Waals surface area contributed by atoms with Crippen molar-refractivity contribution >= 4 is 52.7 Å². The second kappa shape index (κ2) is 16.0. The molecule has 5 aromatic rings. The van der Waals surface area contributed by atoms with Crippen LogP contribution >= 0.6 is 23.2 Å². The van der Waals surface area contributed by atoms with Crippen molar-refractivity contribution in [3.05, 3.63) is 122 Å². The van der Waals surface area contributed by atoms with E-state index in [1.807, 2.05) is 17.7 Å². The normalized spacial score (nSPS) is 21.2. The van der Waals surface area contributed by atoms with Gasteiger partial charge in [-0.05, 0) is 79.8 Å². The number of halogens is 3. The van der Waals surface area contributed by atoms with Crippen molar-refractivity contribution in [2.75, 3.05) is 25.5 Å². The highest BCUT2D eigenvalue weighted by Gasteiger charge is 2.57. The van der Waals surface area contributed by atoms with E-state index < -0.39 is 17.2 Å². The summed E-state index contributed by atoms with van der Waals surface area (Å²) in [6.45, 7) is 4.44. The molecule has 2 saturated carbocycles. The van der Waals surface area contributed by atoms with Crippen LogP contribution in [0.3, 0.4) is 0 Å². The summed E-state index contributed by atoms with van der Waals surface area (Å²) in [5.41, 5.74) is 6.67. The highest BCUT2D eigenvalue weighted by molar-refractivity contribution is 6.39. The predicted molar refractivity (Wildman–Crippen MR) is 229 cm³/mol. The standard InChI is InChI=1S/C46H46Cl2FN7O4/c1-54-38-11-18-55(19-16-45-12-14-46(27-45,15-13-45)44(58)59)26-37(38)52-42(54)43(57)53-34-10-4-9-32(41(34)48)31-8-3-6-28(40(31)47)20-33(49)35-21-39(60-2)30(22-51-35)24-56-23-29-7-5-17-50-36(29)25-56/h3-10,17,20-22H,11-16,18-19,23-27H2,1-2H3,(H,53,57)(H,58,59)/b33-20-. The van der Waals surface area contributed by atoms with Crippen molar-refractivity contribution in [3.8, 4) is 16.9 Å². The SMILES string of the molecule is COc1cc(/C(F)=C/c2cccc(-c3cccc(NC(=O)c4nc5c(n4C)CCN(CCC46CCC(C(=O)O)(CC4)C6)C5)c3Cl)c2Cl)ncc1CN1Cc2cccnc2C1. The maximum atomic E-state index is 15.9. The lowest BCUT2D eigenvalue weighted by molar-refractivity contribution is -0.148. The van der Waals surface area contributed by atoms with Gasteiger partial charge in [-0.2, -0.15) is 0 Å². The molecular weight excluding hydrogens is 804 g/mol. The molecule has 4 aliphatic rings. The molecule has 5 heterocycles. The van der Waals surface area contributed by atoms with Crippen LogP contribution in [0.1, 0.15) is 88.6 Å². The van der Waals surface area contributed by atoms with Crippen molar-refractivity contribution in [3.63, 3.8) is 0 Å². The van der Waals surface area contributed by atoms with Crippen LogP contribution < -0.4 is 10.1 Å². The predicted octanol–water partition coefficient (Wildman–Crippen LogP) is 9.21. The summed E-state index contributed by atoms with van der Waals surface area (Å²) in [4.78, 5) is 44.1. The third-order valence-corrected chi connectivity index (χ3v) is 14.2. The maximum absolute atomic E-state index is 15.9. The minimum atomic E-state index is -0.633. The van der Waals surface area contributed by atoms with Gasteiger partial charge in [-0.25, -0.2) is 9.37 Å². The molecule has 310 valence electrons. The number of benzene rings is 2. The lowest BCUT2D eigenvalue weighted by Gasteiger charge is -2.32.